The van der Waals surface area contributed by atoms with E-state index in [4.69, 9.17) is 5.26 Å². The fraction of sp³-hybridized carbons (Fsp3) is 0. The summed E-state index contributed by atoms with van der Waals surface area (Å²) in [7, 11) is -8.79. The number of rotatable bonds is 6. The predicted molar refractivity (Wildman–Crippen MR) is 92.3 cm³/mol. The van der Waals surface area contributed by atoms with Crippen LogP contribution in [0.15, 0.2) is 69.8 Å². The molecule has 0 unspecified atom stereocenters. The molecule has 26 heavy (non-hydrogen) atoms. The number of allylic oxidation sites excluding steroid dienone is 1. The van der Waals surface area contributed by atoms with Gasteiger partial charge in [-0.1, -0.05) is 30.8 Å². The molecular formula is C15H11N3O6S2. The number of nitriles is 1. The Balaban J connectivity index is 2.60. The van der Waals surface area contributed by atoms with Crippen molar-refractivity contribution in [3.8, 4) is 6.07 Å². The van der Waals surface area contributed by atoms with Gasteiger partial charge in [-0.25, -0.2) is 16.8 Å². The largest absolute Gasteiger partial charge is 0.289 e. The summed E-state index contributed by atoms with van der Waals surface area (Å²) in [5.74, 6) is 0. The minimum Gasteiger partial charge on any atom is -0.278 e. The van der Waals surface area contributed by atoms with Crippen LogP contribution < -0.4 is 4.72 Å². The monoisotopic (exact) mass is 393 g/mol. The highest BCUT2D eigenvalue weighted by molar-refractivity contribution is 7.96. The number of para-hydroxylation sites is 2. The number of anilines is 1. The first-order valence-electron chi connectivity index (χ1n) is 6.80. The maximum absolute atomic E-state index is 12.5. The van der Waals surface area contributed by atoms with Gasteiger partial charge in [-0.2, -0.15) is 5.26 Å². The number of nitrogens with one attached hydrogen (secondary N) is 1. The van der Waals surface area contributed by atoms with Gasteiger partial charge >= 0.3 is 0 Å². The Kier molecular flexibility index (Phi) is 5.10. The van der Waals surface area contributed by atoms with Gasteiger partial charge in [-0.3, -0.25) is 14.8 Å². The summed E-state index contributed by atoms with van der Waals surface area (Å²) in [5.41, 5.74) is -1.02. The zero-order chi connectivity index (χ0) is 19.5. The van der Waals surface area contributed by atoms with E-state index in [1.165, 1.54) is 30.3 Å². The smallest absolute Gasteiger partial charge is 0.278 e. The first-order valence-corrected chi connectivity index (χ1v) is 9.77. The molecule has 0 spiro atoms. The second kappa shape index (κ2) is 6.95. The maximum Gasteiger partial charge on any atom is 0.289 e. The van der Waals surface area contributed by atoms with Gasteiger partial charge in [0.15, 0.2) is 4.90 Å². The Morgan fingerprint density at radius 3 is 2.15 bits per heavy atom. The summed E-state index contributed by atoms with van der Waals surface area (Å²) < 4.78 is 51.7. The molecule has 0 heterocycles. The van der Waals surface area contributed by atoms with E-state index in [0.717, 1.165) is 24.3 Å². The molecule has 9 nitrogen and oxygen atoms in total. The Bertz CT molecular complexity index is 1150. The summed E-state index contributed by atoms with van der Waals surface area (Å²) >= 11 is 0. The quantitative estimate of drug-likeness (QED) is 0.449. The van der Waals surface area contributed by atoms with Gasteiger partial charge in [0.2, 0.25) is 9.84 Å². The normalized spacial score (nSPS) is 11.3. The van der Waals surface area contributed by atoms with Gasteiger partial charge in [0.1, 0.15) is 11.0 Å². The highest BCUT2D eigenvalue weighted by atomic mass is 32.2. The van der Waals surface area contributed by atoms with Crippen molar-refractivity contribution in [1.29, 1.82) is 5.26 Å². The van der Waals surface area contributed by atoms with Crippen molar-refractivity contribution in [2.45, 2.75) is 9.79 Å². The molecule has 1 N–H and O–H groups in total. The van der Waals surface area contributed by atoms with Gasteiger partial charge in [0.25, 0.3) is 15.7 Å². The lowest BCUT2D eigenvalue weighted by molar-refractivity contribution is -0.387. The lowest BCUT2D eigenvalue weighted by Gasteiger charge is -2.12. The lowest BCUT2D eigenvalue weighted by Crippen LogP contribution is -2.17. The molecule has 0 atom stereocenters. The number of hydrogen-bond donors (Lipinski definition) is 1. The molecule has 0 aliphatic carbocycles. The van der Waals surface area contributed by atoms with Crippen LogP contribution in [0.1, 0.15) is 0 Å². The highest BCUT2D eigenvalue weighted by Gasteiger charge is 2.28. The van der Waals surface area contributed by atoms with Gasteiger partial charge in [0, 0.05) is 6.07 Å². The van der Waals surface area contributed by atoms with Crippen molar-refractivity contribution in [1.82, 2.24) is 0 Å². The van der Waals surface area contributed by atoms with E-state index < -0.39 is 45.2 Å². The standard InChI is InChI=1S/C15H11N3O6S2/c1-11(10-16)25(21,22)14-8-4-2-6-12(14)17-26(23,24)15-9-5-3-7-13(15)18(19)20/h2-9,17H,1H2. The van der Waals surface area contributed by atoms with Crippen LogP contribution in [0, 0.1) is 21.4 Å². The summed E-state index contributed by atoms with van der Waals surface area (Å²) in [6, 6.07) is 11.0. The van der Waals surface area contributed by atoms with Crippen molar-refractivity contribution in [2.75, 3.05) is 4.72 Å². The molecule has 2 aromatic rings. The van der Waals surface area contributed by atoms with Crippen LogP contribution in [0.4, 0.5) is 11.4 Å². The van der Waals surface area contributed by atoms with Crippen LogP contribution in [-0.2, 0) is 19.9 Å². The third-order valence-corrected chi connectivity index (χ3v) is 6.31. The van der Waals surface area contributed by atoms with Crippen LogP contribution in [0.25, 0.3) is 0 Å². The summed E-state index contributed by atoms with van der Waals surface area (Å²) in [6.07, 6.45) is 0. The molecule has 0 radical (unpaired) electrons. The minimum absolute atomic E-state index is 0.359. The number of benzene rings is 2. The molecule has 134 valence electrons. The van der Waals surface area contributed by atoms with Crippen LogP contribution >= 0.6 is 0 Å². The molecule has 2 rings (SSSR count). The van der Waals surface area contributed by atoms with Crippen molar-refractivity contribution in [3.63, 3.8) is 0 Å². The Labute approximate surface area is 149 Å². The van der Waals surface area contributed by atoms with E-state index in [-0.39, 0.29) is 5.69 Å². The summed E-state index contributed by atoms with van der Waals surface area (Å²) in [4.78, 5) is 8.29. The maximum atomic E-state index is 12.5. The molecule has 2 aromatic carbocycles. The average molecular weight is 393 g/mol. The van der Waals surface area contributed by atoms with E-state index in [2.05, 4.69) is 6.58 Å². The van der Waals surface area contributed by atoms with E-state index >= 15 is 0 Å². The summed E-state index contributed by atoms with van der Waals surface area (Å²) in [6.45, 7) is 3.14. The number of hydrogen-bond acceptors (Lipinski definition) is 7. The van der Waals surface area contributed by atoms with Crippen molar-refractivity contribution in [3.05, 3.63) is 70.1 Å². The number of nitro groups is 1. The Hall–Kier alpha value is -3.23. The second-order valence-electron chi connectivity index (χ2n) is 4.86. The van der Waals surface area contributed by atoms with Crippen LogP contribution in [-0.4, -0.2) is 21.8 Å². The van der Waals surface area contributed by atoms with Crippen molar-refractivity contribution >= 4 is 31.2 Å². The zero-order valence-electron chi connectivity index (χ0n) is 13.0. The van der Waals surface area contributed by atoms with E-state index in [1.54, 1.807) is 0 Å². The van der Waals surface area contributed by atoms with Crippen LogP contribution in [0.3, 0.4) is 0 Å². The SMILES string of the molecule is C=C(C#N)S(=O)(=O)c1ccccc1NS(=O)(=O)c1ccccc1[N+](=O)[O-]. The Morgan fingerprint density at radius 2 is 1.58 bits per heavy atom. The first-order chi connectivity index (χ1) is 12.1. The fourth-order valence-corrected chi connectivity index (χ4v) is 4.38. The third-order valence-electron chi connectivity index (χ3n) is 3.22. The third kappa shape index (κ3) is 3.56. The number of nitro benzene ring substituents is 1. The molecule has 0 bridgehead atoms. The van der Waals surface area contributed by atoms with E-state index in [0.29, 0.717) is 0 Å². The molecule has 0 aliphatic heterocycles. The van der Waals surface area contributed by atoms with Crippen molar-refractivity contribution < 1.29 is 21.8 Å². The van der Waals surface area contributed by atoms with Crippen molar-refractivity contribution in [2.24, 2.45) is 0 Å². The molecule has 0 saturated heterocycles. The molecule has 0 amide bonds. The first kappa shape index (κ1) is 19.1. The van der Waals surface area contributed by atoms with Crippen LogP contribution in [0.5, 0.6) is 0 Å². The number of nitrogens with zero attached hydrogens (tertiary/aromatic N) is 2. The highest BCUT2D eigenvalue weighted by Crippen LogP contribution is 2.30. The molecule has 0 aromatic heterocycles. The van der Waals surface area contributed by atoms with Gasteiger partial charge in [0.05, 0.1) is 15.5 Å². The summed E-state index contributed by atoms with van der Waals surface area (Å²) in [5, 5.41) is 19.8. The van der Waals surface area contributed by atoms with Gasteiger partial charge in [-0.05, 0) is 18.2 Å². The molecule has 0 fully saturated rings. The number of sulfonamides is 1. The predicted octanol–water partition coefficient (Wildman–Crippen LogP) is 2.21. The zero-order valence-corrected chi connectivity index (χ0v) is 14.6. The molecule has 0 aliphatic rings. The fourth-order valence-electron chi connectivity index (χ4n) is 2.01. The molecule has 11 heteroatoms. The molecular weight excluding hydrogens is 382 g/mol. The van der Waals surface area contributed by atoms with Gasteiger partial charge in [-0.15, -0.1) is 0 Å². The second-order valence-corrected chi connectivity index (χ2v) is 8.46. The Morgan fingerprint density at radius 1 is 1.04 bits per heavy atom. The minimum atomic E-state index is -4.47. The average Bonchev–Trinajstić information content (AvgIpc) is 2.60. The lowest BCUT2D eigenvalue weighted by atomic mass is 10.3. The molecule has 0 saturated carbocycles. The number of sulfone groups is 1. The topological polar surface area (TPSA) is 147 Å². The van der Waals surface area contributed by atoms with Gasteiger partial charge < -0.3 is 0 Å². The van der Waals surface area contributed by atoms with Crippen LogP contribution in [0.2, 0.25) is 0 Å². The van der Waals surface area contributed by atoms with E-state index in [1.807, 2.05) is 4.72 Å². The van der Waals surface area contributed by atoms with E-state index in [9.17, 15) is 26.9 Å².